The number of aromatic nitrogens is 3. The standard InChI is InChI=1S/C27H22F3N3O3S/c1-16-23(37-25(31-16)17-8-11-19(12-9-17)27(28,29)30)7-4-14-35-15-18-10-13-22(24-32-26(34)36-33-24)21-6-3-2-5-20(18)21/h2-3,5-6,8-13H,4,7,14-15H2,1H3,(H,32,33,34). The smallest absolute Gasteiger partial charge is 0.377 e. The van der Waals surface area contributed by atoms with E-state index in [2.05, 4.69) is 19.6 Å². The van der Waals surface area contributed by atoms with Crippen LogP contribution in [-0.2, 0) is 23.9 Å². The Morgan fingerprint density at radius 3 is 2.49 bits per heavy atom. The molecule has 2 aromatic heterocycles. The van der Waals surface area contributed by atoms with Crippen molar-refractivity contribution >= 4 is 22.1 Å². The summed E-state index contributed by atoms with van der Waals surface area (Å²) in [7, 11) is 0. The maximum absolute atomic E-state index is 12.8. The molecule has 5 aromatic rings. The van der Waals surface area contributed by atoms with Crippen molar-refractivity contribution in [2.45, 2.75) is 32.5 Å². The number of benzene rings is 3. The third-order valence-corrected chi connectivity index (χ3v) is 7.28. The Morgan fingerprint density at radius 1 is 1.03 bits per heavy atom. The van der Waals surface area contributed by atoms with Crippen molar-refractivity contribution in [3.63, 3.8) is 0 Å². The van der Waals surface area contributed by atoms with Crippen LogP contribution in [0.4, 0.5) is 13.2 Å². The predicted octanol–water partition coefficient (Wildman–Crippen LogP) is 6.78. The molecule has 0 fully saturated rings. The molecule has 190 valence electrons. The largest absolute Gasteiger partial charge is 0.439 e. The molecule has 0 aliphatic rings. The van der Waals surface area contributed by atoms with Crippen LogP contribution in [0.15, 0.2) is 70.0 Å². The normalized spacial score (nSPS) is 11.9. The van der Waals surface area contributed by atoms with E-state index in [1.165, 1.54) is 23.5 Å². The molecular formula is C27H22F3N3O3S. The van der Waals surface area contributed by atoms with Crippen LogP contribution in [0.2, 0.25) is 0 Å². The van der Waals surface area contributed by atoms with E-state index in [9.17, 15) is 18.0 Å². The summed E-state index contributed by atoms with van der Waals surface area (Å²) in [4.78, 5) is 19.6. The number of thiazole rings is 1. The first-order valence-corrected chi connectivity index (χ1v) is 12.4. The molecule has 0 amide bonds. The molecule has 0 saturated carbocycles. The predicted molar refractivity (Wildman–Crippen MR) is 135 cm³/mol. The van der Waals surface area contributed by atoms with E-state index < -0.39 is 17.5 Å². The Hall–Kier alpha value is -3.76. The molecule has 6 nitrogen and oxygen atoms in total. The minimum atomic E-state index is -4.35. The second kappa shape index (κ2) is 10.3. The fourth-order valence-electron chi connectivity index (χ4n) is 4.14. The third kappa shape index (κ3) is 5.50. The number of ether oxygens (including phenoxy) is 1. The number of rotatable bonds is 8. The average Bonchev–Trinajstić information content (AvgIpc) is 3.48. The Labute approximate surface area is 213 Å². The maximum atomic E-state index is 12.8. The van der Waals surface area contributed by atoms with E-state index in [0.29, 0.717) is 29.6 Å². The van der Waals surface area contributed by atoms with Crippen LogP contribution in [0.1, 0.15) is 28.1 Å². The van der Waals surface area contributed by atoms with Gasteiger partial charge in [0.1, 0.15) is 5.01 Å². The Balaban J connectivity index is 1.20. The number of aryl methyl sites for hydroxylation is 2. The molecule has 5 rings (SSSR count). The highest BCUT2D eigenvalue weighted by Gasteiger charge is 2.30. The molecule has 10 heteroatoms. The summed E-state index contributed by atoms with van der Waals surface area (Å²) in [5.41, 5.74) is 2.68. The molecule has 0 saturated heterocycles. The lowest BCUT2D eigenvalue weighted by atomic mass is 9.99. The molecule has 0 bridgehead atoms. The fourth-order valence-corrected chi connectivity index (χ4v) is 5.25. The summed E-state index contributed by atoms with van der Waals surface area (Å²) >= 11 is 1.50. The Kier molecular flexibility index (Phi) is 6.94. The van der Waals surface area contributed by atoms with Gasteiger partial charge in [0, 0.05) is 22.6 Å². The SMILES string of the molecule is Cc1nc(-c2ccc(C(F)(F)F)cc2)sc1CCCOCc1ccc(-c2noc(=O)[nH]2)c2ccccc12. The minimum Gasteiger partial charge on any atom is -0.377 e. The Morgan fingerprint density at radius 2 is 1.78 bits per heavy atom. The third-order valence-electron chi connectivity index (χ3n) is 6.01. The summed E-state index contributed by atoms with van der Waals surface area (Å²) in [6.45, 7) is 2.88. The zero-order valence-corrected chi connectivity index (χ0v) is 20.6. The molecule has 0 atom stereocenters. The maximum Gasteiger partial charge on any atom is 0.439 e. The highest BCUT2D eigenvalue weighted by atomic mass is 32.1. The van der Waals surface area contributed by atoms with E-state index >= 15 is 0 Å². The van der Waals surface area contributed by atoms with Crippen molar-refractivity contribution in [3.8, 4) is 22.0 Å². The number of hydrogen-bond donors (Lipinski definition) is 1. The van der Waals surface area contributed by atoms with Crippen molar-refractivity contribution in [3.05, 3.63) is 92.9 Å². The van der Waals surface area contributed by atoms with Crippen LogP contribution in [0.25, 0.3) is 32.7 Å². The van der Waals surface area contributed by atoms with Crippen molar-refractivity contribution in [1.82, 2.24) is 15.1 Å². The molecular weight excluding hydrogens is 503 g/mol. The number of nitrogens with zero attached hydrogens (tertiary/aromatic N) is 2. The van der Waals surface area contributed by atoms with Crippen molar-refractivity contribution < 1.29 is 22.4 Å². The number of fused-ring (bicyclic) bond motifs is 1. The van der Waals surface area contributed by atoms with Crippen LogP contribution >= 0.6 is 11.3 Å². The summed E-state index contributed by atoms with van der Waals surface area (Å²) < 4.78 is 49.1. The molecule has 3 aromatic carbocycles. The van der Waals surface area contributed by atoms with E-state index in [1.807, 2.05) is 43.3 Å². The lowest BCUT2D eigenvalue weighted by Gasteiger charge is -2.10. The van der Waals surface area contributed by atoms with Gasteiger partial charge in [-0.25, -0.2) is 9.78 Å². The average molecular weight is 526 g/mol. The number of aromatic amines is 1. The number of nitrogens with one attached hydrogen (secondary N) is 1. The zero-order chi connectivity index (χ0) is 26.0. The van der Waals surface area contributed by atoms with Gasteiger partial charge in [-0.1, -0.05) is 53.7 Å². The number of H-pyrrole nitrogens is 1. The highest BCUT2D eigenvalue weighted by molar-refractivity contribution is 7.15. The lowest BCUT2D eigenvalue weighted by Crippen LogP contribution is -2.03. The first-order chi connectivity index (χ1) is 17.8. The number of alkyl halides is 3. The first-order valence-electron chi connectivity index (χ1n) is 11.6. The molecule has 0 radical (unpaired) electrons. The van der Waals surface area contributed by atoms with Crippen LogP contribution in [0, 0.1) is 6.92 Å². The number of halogens is 3. The first kappa shape index (κ1) is 24.9. The molecule has 0 unspecified atom stereocenters. The molecule has 0 aliphatic heterocycles. The second-order valence-corrected chi connectivity index (χ2v) is 9.60. The molecule has 0 aliphatic carbocycles. The molecule has 0 spiro atoms. The van der Waals surface area contributed by atoms with Gasteiger partial charge in [0.2, 0.25) is 0 Å². The minimum absolute atomic E-state index is 0.379. The summed E-state index contributed by atoms with van der Waals surface area (Å²) in [5.74, 6) is -0.224. The van der Waals surface area contributed by atoms with E-state index in [1.54, 1.807) is 0 Å². The topological polar surface area (TPSA) is 81.0 Å². The van der Waals surface area contributed by atoms with Gasteiger partial charge in [0.15, 0.2) is 5.82 Å². The second-order valence-electron chi connectivity index (χ2n) is 8.52. The van der Waals surface area contributed by atoms with Gasteiger partial charge in [-0.2, -0.15) is 13.2 Å². The monoisotopic (exact) mass is 525 g/mol. The van der Waals surface area contributed by atoms with Gasteiger partial charge in [-0.15, -0.1) is 11.3 Å². The van der Waals surface area contributed by atoms with Gasteiger partial charge >= 0.3 is 11.9 Å². The van der Waals surface area contributed by atoms with Crippen LogP contribution in [0.3, 0.4) is 0 Å². The van der Waals surface area contributed by atoms with Crippen molar-refractivity contribution in [1.29, 1.82) is 0 Å². The van der Waals surface area contributed by atoms with Crippen molar-refractivity contribution in [2.24, 2.45) is 0 Å². The van der Waals surface area contributed by atoms with Gasteiger partial charge in [0.25, 0.3) is 0 Å². The van der Waals surface area contributed by atoms with E-state index in [-0.39, 0.29) is 0 Å². The Bertz CT molecular complexity index is 1590. The fraction of sp³-hybridized carbons (Fsp3) is 0.222. The van der Waals surface area contributed by atoms with Crippen LogP contribution < -0.4 is 5.76 Å². The van der Waals surface area contributed by atoms with Gasteiger partial charge in [-0.3, -0.25) is 9.51 Å². The van der Waals surface area contributed by atoms with Crippen LogP contribution in [0.5, 0.6) is 0 Å². The van der Waals surface area contributed by atoms with E-state index in [0.717, 1.165) is 57.4 Å². The summed E-state index contributed by atoms with van der Waals surface area (Å²) in [6, 6.07) is 16.8. The quantitative estimate of drug-likeness (QED) is 0.226. The van der Waals surface area contributed by atoms with Crippen LogP contribution in [-0.4, -0.2) is 21.7 Å². The summed E-state index contributed by atoms with van der Waals surface area (Å²) in [5, 5.41) is 6.45. The molecule has 37 heavy (non-hydrogen) atoms. The van der Waals surface area contributed by atoms with Gasteiger partial charge in [0.05, 0.1) is 17.9 Å². The zero-order valence-electron chi connectivity index (χ0n) is 19.8. The molecule has 2 heterocycles. The number of hydrogen-bond acceptors (Lipinski definition) is 6. The van der Waals surface area contributed by atoms with Gasteiger partial charge in [-0.05, 0) is 48.2 Å². The lowest BCUT2D eigenvalue weighted by molar-refractivity contribution is -0.137. The van der Waals surface area contributed by atoms with Gasteiger partial charge < -0.3 is 4.74 Å². The van der Waals surface area contributed by atoms with Crippen molar-refractivity contribution in [2.75, 3.05) is 6.61 Å². The highest BCUT2D eigenvalue weighted by Crippen LogP contribution is 2.33. The van der Waals surface area contributed by atoms with E-state index in [4.69, 9.17) is 4.74 Å². The molecule has 1 N–H and O–H groups in total. The summed E-state index contributed by atoms with van der Waals surface area (Å²) in [6.07, 6.45) is -2.80.